The molecule has 4 heteroatoms. The van der Waals surface area contributed by atoms with Crippen molar-refractivity contribution in [3.05, 3.63) is 156 Å². The molecule has 2 N–H and O–H groups in total. The summed E-state index contributed by atoms with van der Waals surface area (Å²) in [7, 11) is -1.94. The van der Waals surface area contributed by atoms with Crippen molar-refractivity contribution in [2.75, 3.05) is 6.54 Å². The van der Waals surface area contributed by atoms with Gasteiger partial charge in [-0.1, -0.05) is 84.9 Å². The standard InChI is InChI=1S/C35H34N2P.BrH/c36-26-12-17-31-15-11-16-32(37-31)25-24-29-13-10-14-30(27-29)28-38(33-18-4-1-5-19-33,34-20-6-2-7-21-34)35-22-8-3-9-23-35;/h1-11,13-16,18-25,27H,12,17,26,28,36H2;1H/q+1;/p-1/b25-24-;. The molecule has 0 radical (unpaired) electrons. The number of nitrogens with zero attached hydrogens (tertiary/aromatic N) is 1. The molecule has 196 valence electrons. The summed E-state index contributed by atoms with van der Waals surface area (Å²) in [6, 6.07) is 48.4. The van der Waals surface area contributed by atoms with Crippen LogP contribution in [0.15, 0.2) is 133 Å². The normalized spacial score (nSPS) is 11.3. The van der Waals surface area contributed by atoms with Crippen LogP contribution >= 0.6 is 7.26 Å². The fraction of sp³-hybridized carbons (Fsp3) is 0.114. The van der Waals surface area contributed by atoms with E-state index in [9.17, 15) is 0 Å². The van der Waals surface area contributed by atoms with E-state index in [1.807, 2.05) is 0 Å². The first-order chi connectivity index (χ1) is 18.8. The highest BCUT2D eigenvalue weighted by Gasteiger charge is 2.45. The lowest BCUT2D eigenvalue weighted by Crippen LogP contribution is -3.00. The van der Waals surface area contributed by atoms with Crippen molar-refractivity contribution in [1.82, 2.24) is 4.98 Å². The van der Waals surface area contributed by atoms with Crippen LogP contribution in [-0.2, 0) is 12.6 Å². The van der Waals surface area contributed by atoms with Gasteiger partial charge >= 0.3 is 0 Å². The second-order valence-corrected chi connectivity index (χ2v) is 13.0. The zero-order valence-electron chi connectivity index (χ0n) is 22.0. The molecule has 0 aliphatic carbocycles. The first-order valence-corrected chi connectivity index (χ1v) is 15.2. The zero-order valence-corrected chi connectivity index (χ0v) is 24.5. The third-order valence-corrected chi connectivity index (χ3v) is 11.3. The monoisotopic (exact) mass is 592 g/mol. The highest BCUT2D eigenvalue weighted by atomic mass is 79.9. The summed E-state index contributed by atoms with van der Waals surface area (Å²) in [4.78, 5) is 4.79. The van der Waals surface area contributed by atoms with E-state index in [1.54, 1.807) is 0 Å². The van der Waals surface area contributed by atoms with Crippen molar-refractivity contribution in [1.29, 1.82) is 0 Å². The lowest BCUT2D eigenvalue weighted by atomic mass is 10.1. The first kappa shape index (κ1) is 28.6. The molecule has 0 aliphatic rings. The number of nitrogens with two attached hydrogens (primary N) is 1. The molecule has 0 fully saturated rings. The SMILES string of the molecule is NCCCc1cccc(/C=C\c2cccc(C[P+](c3ccccc3)(c3ccccc3)c3ccccc3)c2)n1.[Br-]. The molecule has 0 aliphatic heterocycles. The Morgan fingerprint density at radius 1 is 0.615 bits per heavy atom. The van der Waals surface area contributed by atoms with Crippen LogP contribution in [0.2, 0.25) is 0 Å². The van der Waals surface area contributed by atoms with Crippen LogP contribution in [0, 0.1) is 0 Å². The van der Waals surface area contributed by atoms with Crippen LogP contribution < -0.4 is 38.6 Å². The van der Waals surface area contributed by atoms with Gasteiger partial charge in [0.1, 0.15) is 23.2 Å². The van der Waals surface area contributed by atoms with Gasteiger partial charge in [0.25, 0.3) is 0 Å². The quantitative estimate of drug-likeness (QED) is 0.252. The van der Waals surface area contributed by atoms with Crippen LogP contribution in [-0.4, -0.2) is 11.5 Å². The zero-order chi connectivity index (χ0) is 26.0. The number of aromatic nitrogens is 1. The largest absolute Gasteiger partial charge is 1.00 e. The molecule has 0 spiro atoms. The van der Waals surface area contributed by atoms with Gasteiger partial charge in [-0.2, -0.15) is 0 Å². The van der Waals surface area contributed by atoms with Gasteiger partial charge in [-0.25, -0.2) is 0 Å². The lowest BCUT2D eigenvalue weighted by Gasteiger charge is -2.28. The molecular weight excluding hydrogens is 559 g/mol. The topological polar surface area (TPSA) is 38.9 Å². The lowest BCUT2D eigenvalue weighted by molar-refractivity contribution is -0.00000755. The van der Waals surface area contributed by atoms with E-state index >= 15 is 0 Å². The Kier molecular flexibility index (Phi) is 10.4. The summed E-state index contributed by atoms with van der Waals surface area (Å²) >= 11 is 0. The Morgan fingerprint density at radius 3 is 1.74 bits per heavy atom. The van der Waals surface area contributed by atoms with Gasteiger partial charge in [0.2, 0.25) is 0 Å². The summed E-state index contributed by atoms with van der Waals surface area (Å²) in [6.07, 6.45) is 7.11. The van der Waals surface area contributed by atoms with Crippen LogP contribution in [0.4, 0.5) is 0 Å². The van der Waals surface area contributed by atoms with Crippen LogP contribution in [0.25, 0.3) is 12.2 Å². The molecule has 0 atom stereocenters. The predicted molar refractivity (Wildman–Crippen MR) is 166 cm³/mol. The van der Waals surface area contributed by atoms with Crippen LogP contribution in [0.5, 0.6) is 0 Å². The second-order valence-electron chi connectivity index (χ2n) is 9.50. The van der Waals surface area contributed by atoms with Gasteiger partial charge in [-0.3, -0.25) is 4.98 Å². The van der Waals surface area contributed by atoms with E-state index in [4.69, 9.17) is 10.7 Å². The molecule has 39 heavy (non-hydrogen) atoms. The molecule has 1 aromatic heterocycles. The maximum absolute atomic E-state index is 5.68. The van der Waals surface area contributed by atoms with E-state index < -0.39 is 7.26 Å². The molecule has 0 saturated heterocycles. The number of hydrogen-bond donors (Lipinski definition) is 1. The highest BCUT2D eigenvalue weighted by Crippen LogP contribution is 2.58. The molecular formula is C35H34BrN2P. The van der Waals surface area contributed by atoms with Gasteiger partial charge in [-0.15, -0.1) is 0 Å². The Morgan fingerprint density at radius 2 is 1.18 bits per heavy atom. The van der Waals surface area contributed by atoms with Crippen molar-refractivity contribution in [3.63, 3.8) is 0 Å². The fourth-order valence-electron chi connectivity index (χ4n) is 5.03. The van der Waals surface area contributed by atoms with Gasteiger partial charge < -0.3 is 22.7 Å². The minimum Gasteiger partial charge on any atom is -1.00 e. The van der Waals surface area contributed by atoms with Crippen molar-refractivity contribution in [2.24, 2.45) is 5.73 Å². The summed E-state index contributed by atoms with van der Waals surface area (Å²) in [6.45, 7) is 0.688. The Balaban J connectivity index is 0.00000353. The maximum atomic E-state index is 5.68. The van der Waals surface area contributed by atoms with Crippen molar-refractivity contribution < 1.29 is 17.0 Å². The average molecular weight is 594 g/mol. The molecule has 4 aromatic carbocycles. The number of benzene rings is 4. The molecule has 0 bridgehead atoms. The Bertz CT molecular complexity index is 1370. The van der Waals surface area contributed by atoms with Crippen LogP contribution in [0.1, 0.15) is 28.9 Å². The Labute approximate surface area is 243 Å². The van der Waals surface area contributed by atoms with E-state index in [2.05, 4.69) is 146 Å². The second kappa shape index (κ2) is 14.1. The molecule has 0 amide bonds. The number of halogens is 1. The molecule has 5 aromatic rings. The number of aryl methyl sites for hydroxylation is 1. The third-order valence-electron chi connectivity index (χ3n) is 6.87. The summed E-state index contributed by atoms with van der Waals surface area (Å²) in [5.41, 5.74) is 10.3. The summed E-state index contributed by atoms with van der Waals surface area (Å²) < 4.78 is 0. The minimum atomic E-state index is -1.94. The Hall–Kier alpha value is -3.36. The van der Waals surface area contributed by atoms with Gasteiger partial charge in [0.05, 0.1) is 11.9 Å². The molecule has 2 nitrogen and oxygen atoms in total. The number of hydrogen-bond acceptors (Lipinski definition) is 2. The van der Waals surface area contributed by atoms with Gasteiger partial charge in [0.15, 0.2) is 0 Å². The van der Waals surface area contributed by atoms with E-state index in [0.29, 0.717) is 6.54 Å². The summed E-state index contributed by atoms with van der Waals surface area (Å²) in [5.74, 6) is 0. The molecule has 5 rings (SSSR count). The van der Waals surface area contributed by atoms with Gasteiger partial charge in [-0.05, 0) is 91.2 Å². The average Bonchev–Trinajstić information content (AvgIpc) is 2.99. The smallest absolute Gasteiger partial charge is 0.116 e. The third kappa shape index (κ3) is 6.99. The van der Waals surface area contributed by atoms with E-state index in [-0.39, 0.29) is 17.0 Å². The molecule has 0 saturated carbocycles. The fourth-order valence-corrected chi connectivity index (χ4v) is 9.26. The maximum Gasteiger partial charge on any atom is 0.116 e. The summed E-state index contributed by atoms with van der Waals surface area (Å²) in [5, 5.41) is 4.20. The minimum absolute atomic E-state index is 0. The number of rotatable bonds is 10. The first-order valence-electron chi connectivity index (χ1n) is 13.3. The van der Waals surface area contributed by atoms with Crippen LogP contribution in [0.3, 0.4) is 0 Å². The number of pyridine rings is 1. The van der Waals surface area contributed by atoms with Gasteiger partial charge in [0, 0.05) is 5.69 Å². The highest BCUT2D eigenvalue weighted by molar-refractivity contribution is 7.95. The van der Waals surface area contributed by atoms with Crippen molar-refractivity contribution >= 4 is 35.3 Å². The van der Waals surface area contributed by atoms with Crippen molar-refractivity contribution in [2.45, 2.75) is 19.0 Å². The molecule has 0 unspecified atom stereocenters. The van der Waals surface area contributed by atoms with E-state index in [1.165, 1.54) is 27.0 Å². The van der Waals surface area contributed by atoms with E-state index in [0.717, 1.165) is 30.4 Å². The molecule has 1 heterocycles. The predicted octanol–water partition coefficient (Wildman–Crippen LogP) is 3.64. The van der Waals surface area contributed by atoms with Crippen molar-refractivity contribution in [3.8, 4) is 0 Å².